The number of hydrogen-bond donors (Lipinski definition) is 2. The van der Waals surface area contributed by atoms with Crippen LogP contribution in [0.5, 0.6) is 0 Å². The fraction of sp³-hybridized carbons (Fsp3) is 0.444. The first-order valence-electron chi connectivity index (χ1n) is 4.94. The quantitative estimate of drug-likeness (QED) is 0.619. The number of halogens is 3. The Morgan fingerprint density at radius 1 is 1.50 bits per heavy atom. The van der Waals surface area contributed by atoms with Gasteiger partial charge in [0, 0.05) is 13.6 Å². The maximum Gasteiger partial charge on any atom is 0.390 e. The van der Waals surface area contributed by atoms with Crippen molar-refractivity contribution in [1.29, 1.82) is 0 Å². The van der Waals surface area contributed by atoms with E-state index in [2.05, 4.69) is 15.4 Å². The lowest BCUT2D eigenvalue weighted by Crippen LogP contribution is -2.31. The molecule has 18 heavy (non-hydrogen) atoms. The molecule has 3 N–H and O–H groups in total. The second kappa shape index (κ2) is 5.63. The molecule has 0 unspecified atom stereocenters. The van der Waals surface area contributed by atoms with Crippen LogP contribution in [0.15, 0.2) is 12.4 Å². The van der Waals surface area contributed by atoms with Crippen molar-refractivity contribution in [1.82, 2.24) is 14.9 Å². The lowest BCUT2D eigenvalue weighted by atomic mass is 10.3. The monoisotopic (exact) mass is 263 g/mol. The highest BCUT2D eigenvalue weighted by Gasteiger charge is 2.28. The summed E-state index contributed by atoms with van der Waals surface area (Å²) in [6.07, 6.45) is -2.93. The van der Waals surface area contributed by atoms with E-state index in [0.717, 1.165) is 11.1 Å². The van der Waals surface area contributed by atoms with Crippen LogP contribution in [0.4, 0.5) is 19.0 Å². The smallest absolute Gasteiger partial charge is 0.340 e. The van der Waals surface area contributed by atoms with Crippen LogP contribution in [0.25, 0.3) is 0 Å². The number of nitrogen functional groups attached to an aromatic ring is 1. The minimum atomic E-state index is -4.30. The van der Waals surface area contributed by atoms with Gasteiger partial charge in [0.05, 0.1) is 18.8 Å². The molecule has 100 valence electrons. The summed E-state index contributed by atoms with van der Waals surface area (Å²) in [5, 5.41) is 0. The molecule has 0 aliphatic heterocycles. The van der Waals surface area contributed by atoms with Crippen molar-refractivity contribution in [3.8, 4) is 0 Å². The van der Waals surface area contributed by atoms with Gasteiger partial charge in [-0.05, 0) is 0 Å². The summed E-state index contributed by atoms with van der Waals surface area (Å²) in [4.78, 5) is 20.1. The number of nitrogens with zero attached hydrogens (tertiary/aromatic N) is 3. The number of carbonyl (C=O) groups excluding carboxylic acids is 1. The number of anilines is 1. The average molecular weight is 263 g/mol. The van der Waals surface area contributed by atoms with Crippen molar-refractivity contribution in [2.45, 2.75) is 12.6 Å². The Morgan fingerprint density at radius 3 is 2.72 bits per heavy atom. The summed E-state index contributed by atoms with van der Waals surface area (Å²) in [5.74, 6) is 4.59. The summed E-state index contributed by atoms with van der Waals surface area (Å²) in [6.45, 7) is -0.440. The molecule has 0 atom stereocenters. The van der Waals surface area contributed by atoms with Gasteiger partial charge >= 0.3 is 6.18 Å². The maximum absolute atomic E-state index is 12.0. The number of carbonyl (C=O) groups is 1. The molecule has 9 heteroatoms. The van der Waals surface area contributed by atoms with E-state index in [4.69, 9.17) is 5.84 Å². The van der Waals surface area contributed by atoms with Crippen LogP contribution in [-0.4, -0.2) is 40.5 Å². The average Bonchev–Trinajstić information content (AvgIpc) is 2.34. The standard InChI is InChI=1S/C9H12F3N5O/c1-17(3-2-9(10,11)12)8(18)6-4-14-5-7(15-6)16-13/h4-5H,2-3,13H2,1H3,(H,15,16). The van der Waals surface area contributed by atoms with Gasteiger partial charge in [-0.1, -0.05) is 0 Å². The molecule has 0 saturated heterocycles. The number of rotatable bonds is 4. The van der Waals surface area contributed by atoms with E-state index in [1.165, 1.54) is 13.2 Å². The summed E-state index contributed by atoms with van der Waals surface area (Å²) < 4.78 is 36.0. The normalized spacial score (nSPS) is 11.2. The zero-order chi connectivity index (χ0) is 13.8. The molecule has 0 saturated carbocycles. The zero-order valence-electron chi connectivity index (χ0n) is 9.53. The number of aromatic nitrogens is 2. The molecule has 1 amide bonds. The molecule has 0 aliphatic carbocycles. The number of alkyl halides is 3. The molecule has 1 aromatic rings. The Kier molecular flexibility index (Phi) is 4.43. The van der Waals surface area contributed by atoms with Crippen molar-refractivity contribution >= 4 is 11.7 Å². The minimum absolute atomic E-state index is 0.0740. The van der Waals surface area contributed by atoms with Crippen LogP contribution < -0.4 is 11.3 Å². The fourth-order valence-corrected chi connectivity index (χ4v) is 1.13. The zero-order valence-corrected chi connectivity index (χ0v) is 9.53. The number of nitrogens with one attached hydrogen (secondary N) is 1. The van der Waals surface area contributed by atoms with Crippen molar-refractivity contribution in [3.63, 3.8) is 0 Å². The Labute approximate surface area is 101 Å². The van der Waals surface area contributed by atoms with E-state index in [1.54, 1.807) is 0 Å². The molecule has 0 bridgehead atoms. The first kappa shape index (κ1) is 14.2. The van der Waals surface area contributed by atoms with Crippen LogP contribution >= 0.6 is 0 Å². The molecule has 1 rings (SSSR count). The van der Waals surface area contributed by atoms with Gasteiger partial charge in [-0.3, -0.25) is 9.78 Å². The summed E-state index contributed by atoms with van der Waals surface area (Å²) in [5.41, 5.74) is 2.12. The van der Waals surface area contributed by atoms with Crippen LogP contribution in [0.1, 0.15) is 16.9 Å². The van der Waals surface area contributed by atoms with E-state index < -0.39 is 25.0 Å². The van der Waals surface area contributed by atoms with E-state index >= 15 is 0 Å². The molecule has 1 heterocycles. The number of hydrazine groups is 1. The Balaban J connectivity index is 2.68. The van der Waals surface area contributed by atoms with E-state index in [9.17, 15) is 18.0 Å². The molecule has 0 aromatic carbocycles. The van der Waals surface area contributed by atoms with Gasteiger partial charge < -0.3 is 10.3 Å². The second-order valence-electron chi connectivity index (χ2n) is 3.53. The third-order valence-electron chi connectivity index (χ3n) is 2.08. The summed E-state index contributed by atoms with van der Waals surface area (Å²) >= 11 is 0. The van der Waals surface area contributed by atoms with Crippen LogP contribution in [0, 0.1) is 0 Å². The Bertz CT molecular complexity index is 423. The number of amides is 1. The van der Waals surface area contributed by atoms with Crippen molar-refractivity contribution in [2.24, 2.45) is 5.84 Å². The second-order valence-corrected chi connectivity index (χ2v) is 3.53. The molecular formula is C9H12F3N5O. The highest BCUT2D eigenvalue weighted by Crippen LogP contribution is 2.19. The third-order valence-corrected chi connectivity index (χ3v) is 2.08. The lowest BCUT2D eigenvalue weighted by molar-refractivity contribution is -0.136. The van der Waals surface area contributed by atoms with Gasteiger partial charge in [0.15, 0.2) is 5.82 Å². The predicted molar refractivity (Wildman–Crippen MR) is 57.5 cm³/mol. The van der Waals surface area contributed by atoms with Gasteiger partial charge in [-0.25, -0.2) is 10.8 Å². The van der Waals surface area contributed by atoms with Gasteiger partial charge in [0.2, 0.25) is 0 Å². The SMILES string of the molecule is CN(CCC(F)(F)F)C(=O)c1cncc(NN)n1. The van der Waals surface area contributed by atoms with Gasteiger partial charge in [-0.15, -0.1) is 0 Å². The van der Waals surface area contributed by atoms with E-state index in [1.807, 2.05) is 0 Å². The van der Waals surface area contributed by atoms with Crippen LogP contribution in [0.2, 0.25) is 0 Å². The first-order valence-corrected chi connectivity index (χ1v) is 4.94. The molecule has 0 fully saturated rings. The van der Waals surface area contributed by atoms with Gasteiger partial charge in [0.25, 0.3) is 5.91 Å². The Morgan fingerprint density at radius 2 is 2.17 bits per heavy atom. The number of hydrogen-bond acceptors (Lipinski definition) is 5. The molecule has 0 spiro atoms. The van der Waals surface area contributed by atoms with Gasteiger partial charge in [0.1, 0.15) is 5.69 Å². The van der Waals surface area contributed by atoms with Crippen molar-refractivity contribution < 1.29 is 18.0 Å². The summed E-state index contributed by atoms with van der Waals surface area (Å²) in [6, 6.07) is 0. The minimum Gasteiger partial charge on any atom is -0.340 e. The molecule has 6 nitrogen and oxygen atoms in total. The molecular weight excluding hydrogens is 251 g/mol. The largest absolute Gasteiger partial charge is 0.390 e. The van der Waals surface area contributed by atoms with Crippen LogP contribution in [-0.2, 0) is 0 Å². The van der Waals surface area contributed by atoms with Crippen molar-refractivity contribution in [2.75, 3.05) is 19.0 Å². The van der Waals surface area contributed by atoms with Crippen LogP contribution in [0.3, 0.4) is 0 Å². The molecule has 0 radical (unpaired) electrons. The predicted octanol–water partition coefficient (Wildman–Crippen LogP) is 0.787. The fourth-order valence-electron chi connectivity index (χ4n) is 1.13. The highest BCUT2D eigenvalue weighted by atomic mass is 19.4. The third kappa shape index (κ3) is 4.17. The van der Waals surface area contributed by atoms with Gasteiger partial charge in [-0.2, -0.15) is 13.2 Å². The lowest BCUT2D eigenvalue weighted by Gasteiger charge is -2.17. The number of nitrogens with two attached hydrogens (primary N) is 1. The first-order chi connectivity index (χ1) is 8.33. The molecule has 0 aliphatic rings. The topological polar surface area (TPSA) is 84.1 Å². The highest BCUT2D eigenvalue weighted by molar-refractivity contribution is 5.92. The summed E-state index contributed by atoms with van der Waals surface area (Å²) in [7, 11) is 1.26. The van der Waals surface area contributed by atoms with E-state index in [-0.39, 0.29) is 11.5 Å². The van der Waals surface area contributed by atoms with E-state index in [0.29, 0.717) is 0 Å². The maximum atomic E-state index is 12.0. The molecule has 1 aromatic heterocycles. The Hall–Kier alpha value is -1.90. The van der Waals surface area contributed by atoms with Crippen molar-refractivity contribution in [3.05, 3.63) is 18.1 Å².